The summed E-state index contributed by atoms with van der Waals surface area (Å²) >= 11 is 0. The summed E-state index contributed by atoms with van der Waals surface area (Å²) in [6.07, 6.45) is 4.73. The van der Waals surface area contributed by atoms with E-state index in [2.05, 4.69) is 5.10 Å². The number of benzene rings is 2. The van der Waals surface area contributed by atoms with Crippen molar-refractivity contribution in [2.45, 2.75) is 45.3 Å². The van der Waals surface area contributed by atoms with Crippen LogP contribution in [0.25, 0.3) is 6.08 Å². The molecule has 0 aliphatic carbocycles. The minimum Gasteiger partial charge on any atom is -0.496 e. The normalized spacial score (nSPS) is 18.1. The van der Waals surface area contributed by atoms with Gasteiger partial charge in [-0.15, -0.1) is 0 Å². The zero-order chi connectivity index (χ0) is 27.0. The fourth-order valence-corrected chi connectivity index (χ4v) is 6.15. The van der Waals surface area contributed by atoms with Crippen LogP contribution in [-0.4, -0.2) is 58.3 Å². The van der Waals surface area contributed by atoms with Gasteiger partial charge in [0.15, 0.2) is 11.5 Å². The molecular formula is C27H34N2O7S. The van der Waals surface area contributed by atoms with E-state index in [1.807, 2.05) is 45.1 Å². The Hall–Kier alpha value is -3.40. The zero-order valence-electron chi connectivity index (χ0n) is 22.3. The number of hydrogen-bond donors (Lipinski definition) is 0. The number of nitrogens with zero attached hydrogens (tertiary/aromatic N) is 2. The summed E-state index contributed by atoms with van der Waals surface area (Å²) in [5, 5.41) is 4.68. The number of methoxy groups -OCH3 is 4. The summed E-state index contributed by atoms with van der Waals surface area (Å²) in [5.74, 6) is 2.56. The topological polar surface area (TPSA) is 95.9 Å². The Kier molecular flexibility index (Phi) is 7.32. The first-order valence-electron chi connectivity index (χ1n) is 12.1. The van der Waals surface area contributed by atoms with Crippen LogP contribution in [0.3, 0.4) is 0 Å². The van der Waals surface area contributed by atoms with Gasteiger partial charge in [-0.3, -0.25) is 0 Å². The molecule has 2 aliphatic rings. The lowest BCUT2D eigenvalue weighted by Crippen LogP contribution is -2.29. The number of sulfonamides is 1. The highest BCUT2D eigenvalue weighted by molar-refractivity contribution is 7.89. The van der Waals surface area contributed by atoms with Crippen LogP contribution in [0.1, 0.15) is 56.3 Å². The highest BCUT2D eigenvalue weighted by Gasteiger charge is 2.39. The van der Waals surface area contributed by atoms with Crippen molar-refractivity contribution in [3.05, 3.63) is 47.0 Å². The summed E-state index contributed by atoms with van der Waals surface area (Å²) in [6.45, 7) is 5.75. The molecule has 2 aliphatic heterocycles. The van der Waals surface area contributed by atoms with E-state index >= 15 is 0 Å². The van der Waals surface area contributed by atoms with Crippen molar-refractivity contribution < 1.29 is 32.1 Å². The van der Waals surface area contributed by atoms with E-state index in [1.165, 1.54) is 25.7 Å². The minimum atomic E-state index is -3.71. The van der Waals surface area contributed by atoms with Gasteiger partial charge in [-0.1, -0.05) is 6.92 Å². The fraction of sp³-hybridized carbons (Fsp3) is 0.444. The number of rotatable bonds is 9. The second-order valence-corrected chi connectivity index (χ2v) is 11.4. The predicted octanol–water partition coefficient (Wildman–Crippen LogP) is 4.80. The molecule has 2 heterocycles. The molecule has 0 bridgehead atoms. The second-order valence-electron chi connectivity index (χ2n) is 9.41. The van der Waals surface area contributed by atoms with Gasteiger partial charge < -0.3 is 23.7 Å². The molecule has 0 saturated carbocycles. The van der Waals surface area contributed by atoms with Gasteiger partial charge in [0.1, 0.15) is 17.1 Å². The van der Waals surface area contributed by atoms with Crippen molar-refractivity contribution in [3.63, 3.8) is 0 Å². The predicted molar refractivity (Wildman–Crippen MR) is 143 cm³/mol. The fourth-order valence-electron chi connectivity index (χ4n) is 4.64. The SMILES string of the molecule is CCCS(=O)(=O)N1N=C(c2ccc(OC)c3c2OC(C)(C)C=C3)CC1c1cc(OC)c(OC)c(OC)c1. The van der Waals surface area contributed by atoms with E-state index in [0.29, 0.717) is 52.9 Å². The lowest BCUT2D eigenvalue weighted by molar-refractivity contribution is 0.158. The molecule has 2 aromatic carbocycles. The van der Waals surface area contributed by atoms with Gasteiger partial charge in [0.05, 0.1) is 51.5 Å². The number of ether oxygens (including phenoxy) is 5. The van der Waals surface area contributed by atoms with Crippen molar-refractivity contribution >= 4 is 21.8 Å². The Balaban J connectivity index is 1.87. The molecule has 0 aromatic heterocycles. The largest absolute Gasteiger partial charge is 0.496 e. The molecule has 37 heavy (non-hydrogen) atoms. The monoisotopic (exact) mass is 530 g/mol. The quantitative estimate of drug-likeness (QED) is 0.460. The van der Waals surface area contributed by atoms with Crippen LogP contribution < -0.4 is 23.7 Å². The Morgan fingerprint density at radius 2 is 1.68 bits per heavy atom. The molecule has 0 fully saturated rings. The molecule has 10 heteroatoms. The van der Waals surface area contributed by atoms with Crippen LogP contribution in [-0.2, 0) is 10.0 Å². The van der Waals surface area contributed by atoms with Gasteiger partial charge in [-0.25, -0.2) is 8.42 Å². The van der Waals surface area contributed by atoms with Crippen LogP contribution in [0.4, 0.5) is 0 Å². The van der Waals surface area contributed by atoms with Crippen LogP contribution in [0.15, 0.2) is 35.4 Å². The van der Waals surface area contributed by atoms with E-state index in [4.69, 9.17) is 23.7 Å². The molecule has 2 aromatic rings. The minimum absolute atomic E-state index is 0.0301. The highest BCUT2D eigenvalue weighted by atomic mass is 32.2. The number of hydrazone groups is 1. The van der Waals surface area contributed by atoms with Gasteiger partial charge in [-0.05, 0) is 62.2 Å². The lowest BCUT2D eigenvalue weighted by atomic mass is 9.94. The van der Waals surface area contributed by atoms with Crippen LogP contribution >= 0.6 is 0 Å². The summed E-state index contributed by atoms with van der Waals surface area (Å²) in [5.41, 5.74) is 2.25. The maximum Gasteiger partial charge on any atom is 0.250 e. The van der Waals surface area contributed by atoms with E-state index in [-0.39, 0.29) is 5.75 Å². The van der Waals surface area contributed by atoms with Gasteiger partial charge in [0.25, 0.3) is 0 Å². The van der Waals surface area contributed by atoms with Gasteiger partial charge in [0, 0.05) is 12.0 Å². The molecule has 4 rings (SSSR count). The smallest absolute Gasteiger partial charge is 0.250 e. The Bertz CT molecular complexity index is 1320. The Labute approximate surface area is 218 Å². The second kappa shape index (κ2) is 10.2. The van der Waals surface area contributed by atoms with Gasteiger partial charge in [-0.2, -0.15) is 9.52 Å². The first-order valence-corrected chi connectivity index (χ1v) is 13.7. The molecule has 0 amide bonds. The molecule has 0 saturated heterocycles. The number of fused-ring (bicyclic) bond motifs is 1. The molecule has 0 spiro atoms. The summed E-state index contributed by atoms with van der Waals surface area (Å²) < 4.78 is 56.4. The first-order chi connectivity index (χ1) is 17.6. The summed E-state index contributed by atoms with van der Waals surface area (Å²) in [7, 11) is 2.48. The third-order valence-corrected chi connectivity index (χ3v) is 8.23. The average molecular weight is 531 g/mol. The van der Waals surface area contributed by atoms with Crippen molar-refractivity contribution in [2.75, 3.05) is 34.2 Å². The van der Waals surface area contributed by atoms with Gasteiger partial charge in [0.2, 0.25) is 15.8 Å². The third-order valence-electron chi connectivity index (χ3n) is 6.39. The van der Waals surface area contributed by atoms with E-state index < -0.39 is 21.7 Å². The third kappa shape index (κ3) is 4.94. The van der Waals surface area contributed by atoms with Crippen LogP contribution in [0.5, 0.6) is 28.7 Å². The standard InChI is InChI=1S/C27H34N2O7S/c1-8-13-37(30,31)29-21(17-14-23(33-5)26(35-7)24(15-17)34-6)16-20(28-29)18-9-10-22(32-4)19-11-12-27(2,3)36-25(18)19/h9-12,14-15,21H,8,13,16H2,1-7H3. The Morgan fingerprint density at radius 3 is 2.24 bits per heavy atom. The Morgan fingerprint density at radius 1 is 1.03 bits per heavy atom. The van der Waals surface area contributed by atoms with Crippen molar-refractivity contribution in [1.82, 2.24) is 4.41 Å². The molecule has 200 valence electrons. The maximum atomic E-state index is 13.4. The molecule has 1 atom stereocenters. The van der Waals surface area contributed by atoms with Crippen molar-refractivity contribution in [3.8, 4) is 28.7 Å². The van der Waals surface area contributed by atoms with Crippen molar-refractivity contribution in [2.24, 2.45) is 5.10 Å². The van der Waals surface area contributed by atoms with Crippen molar-refractivity contribution in [1.29, 1.82) is 0 Å². The molecule has 0 radical (unpaired) electrons. The summed E-state index contributed by atoms with van der Waals surface area (Å²) in [4.78, 5) is 0. The van der Waals surface area contributed by atoms with E-state index in [9.17, 15) is 8.42 Å². The summed E-state index contributed by atoms with van der Waals surface area (Å²) in [6, 6.07) is 6.65. The number of hydrogen-bond acceptors (Lipinski definition) is 8. The molecule has 0 N–H and O–H groups in total. The van der Waals surface area contributed by atoms with E-state index in [1.54, 1.807) is 19.2 Å². The lowest BCUT2D eigenvalue weighted by Gasteiger charge is -2.30. The van der Waals surface area contributed by atoms with Crippen LogP contribution in [0.2, 0.25) is 0 Å². The van der Waals surface area contributed by atoms with E-state index in [0.717, 1.165) is 11.1 Å². The zero-order valence-corrected chi connectivity index (χ0v) is 23.1. The maximum absolute atomic E-state index is 13.4. The molecule has 1 unspecified atom stereocenters. The average Bonchev–Trinajstić information content (AvgIpc) is 3.32. The molecule has 9 nitrogen and oxygen atoms in total. The van der Waals surface area contributed by atoms with Crippen LogP contribution in [0, 0.1) is 0 Å². The highest BCUT2D eigenvalue weighted by Crippen LogP contribution is 2.46. The molecular weight excluding hydrogens is 496 g/mol. The van der Waals surface area contributed by atoms with Gasteiger partial charge >= 0.3 is 0 Å². The first kappa shape index (κ1) is 26.7.